The lowest BCUT2D eigenvalue weighted by atomic mass is 9.90. The molecule has 0 unspecified atom stereocenters. The molecule has 1 aliphatic carbocycles. The molecule has 0 bridgehead atoms. The molecule has 1 aliphatic rings. The van der Waals surface area contributed by atoms with Gasteiger partial charge in [0.2, 0.25) is 0 Å². The van der Waals surface area contributed by atoms with E-state index in [1.165, 1.54) is 19.3 Å². The third-order valence-corrected chi connectivity index (χ3v) is 3.26. The molecule has 2 rings (SSSR count). The van der Waals surface area contributed by atoms with Crippen molar-refractivity contribution in [1.82, 2.24) is 0 Å². The Balaban J connectivity index is 2.59. The van der Waals surface area contributed by atoms with Gasteiger partial charge in [-0.05, 0) is 36.8 Å². The summed E-state index contributed by atoms with van der Waals surface area (Å²) in [4.78, 5) is 23.4. The largest absolute Gasteiger partial charge is 0.496 e. The van der Waals surface area contributed by atoms with Crippen molar-refractivity contribution in [3.05, 3.63) is 39.9 Å². The molecule has 0 heterocycles. The fraction of sp³-hybridized carbons (Fsp3) is 0.231. The molecule has 1 aromatic rings. The Kier molecular flexibility index (Phi) is 3.15. The summed E-state index contributed by atoms with van der Waals surface area (Å²) < 4.78 is 6.12. The molecule has 3 nitrogen and oxygen atoms in total. The minimum atomic E-state index is -0.738. The van der Waals surface area contributed by atoms with E-state index < -0.39 is 5.92 Å². The van der Waals surface area contributed by atoms with E-state index in [1.807, 2.05) is 13.0 Å². The first-order valence-electron chi connectivity index (χ1n) is 5.14. The first-order valence-corrected chi connectivity index (χ1v) is 5.93. The van der Waals surface area contributed by atoms with Gasteiger partial charge in [-0.25, -0.2) is 0 Å². The first kappa shape index (κ1) is 12.0. The predicted octanol–water partition coefficient (Wildman–Crippen LogP) is 2.56. The predicted molar refractivity (Wildman–Crippen MR) is 67.3 cm³/mol. The van der Waals surface area contributed by atoms with Crippen molar-refractivity contribution in [1.29, 1.82) is 0 Å². The third kappa shape index (κ3) is 2.05. The zero-order chi connectivity index (χ0) is 12.6. The molecular formula is C13H11BrO3. The average Bonchev–Trinajstić information content (AvgIpc) is 2.59. The highest BCUT2D eigenvalue weighted by Gasteiger charge is 2.33. The molecule has 0 aromatic heterocycles. The second kappa shape index (κ2) is 4.45. The number of hydrogen-bond donors (Lipinski definition) is 0. The van der Waals surface area contributed by atoms with Crippen LogP contribution < -0.4 is 4.74 Å². The maximum absolute atomic E-state index is 11.7. The van der Waals surface area contributed by atoms with Gasteiger partial charge in [0, 0.05) is 10.0 Å². The van der Waals surface area contributed by atoms with E-state index in [4.69, 9.17) is 4.74 Å². The van der Waals surface area contributed by atoms with Crippen molar-refractivity contribution in [3.63, 3.8) is 0 Å². The minimum absolute atomic E-state index is 0.182. The summed E-state index contributed by atoms with van der Waals surface area (Å²) in [6, 6.07) is 3.64. The molecule has 0 aliphatic heterocycles. The quantitative estimate of drug-likeness (QED) is 0.788. The van der Waals surface area contributed by atoms with Crippen LogP contribution in [-0.2, 0) is 9.59 Å². The molecule has 0 amide bonds. The molecule has 0 radical (unpaired) electrons. The molecule has 88 valence electrons. The van der Waals surface area contributed by atoms with Crippen LogP contribution in [0.2, 0.25) is 0 Å². The second-order valence-corrected chi connectivity index (χ2v) is 4.83. The molecule has 0 saturated heterocycles. The highest BCUT2D eigenvalue weighted by atomic mass is 79.9. The number of ether oxygens (including phenoxy) is 1. The molecule has 0 spiro atoms. The van der Waals surface area contributed by atoms with Crippen molar-refractivity contribution in [2.75, 3.05) is 7.11 Å². The SMILES string of the molecule is COc1cc(Br)cc(C)c1C1C(=O)C=CC1=O. The number of rotatable bonds is 2. The summed E-state index contributed by atoms with van der Waals surface area (Å²) in [6.07, 6.45) is 2.65. The first-order chi connectivity index (χ1) is 8.04. The smallest absolute Gasteiger partial charge is 0.171 e. The van der Waals surface area contributed by atoms with Gasteiger partial charge in [0.05, 0.1) is 7.11 Å². The highest BCUT2D eigenvalue weighted by molar-refractivity contribution is 9.10. The van der Waals surface area contributed by atoms with Crippen LogP contribution in [0.4, 0.5) is 0 Å². The van der Waals surface area contributed by atoms with Gasteiger partial charge < -0.3 is 4.74 Å². The number of ketones is 2. The van der Waals surface area contributed by atoms with Crippen LogP contribution in [-0.4, -0.2) is 18.7 Å². The van der Waals surface area contributed by atoms with Crippen LogP contribution >= 0.6 is 15.9 Å². The standard InChI is InChI=1S/C13H11BrO3/c1-7-5-8(14)6-11(17-2)12(7)13-9(15)3-4-10(13)16/h3-6,13H,1-2H3. The lowest BCUT2D eigenvalue weighted by molar-refractivity contribution is -0.122. The summed E-state index contributed by atoms with van der Waals surface area (Å²) in [5.41, 5.74) is 1.53. The number of carbonyl (C=O) groups excluding carboxylic acids is 2. The zero-order valence-electron chi connectivity index (χ0n) is 9.49. The lowest BCUT2D eigenvalue weighted by Crippen LogP contribution is -2.15. The van der Waals surface area contributed by atoms with Crippen molar-refractivity contribution >= 4 is 27.5 Å². The Morgan fingerprint density at radius 1 is 1.18 bits per heavy atom. The highest BCUT2D eigenvalue weighted by Crippen LogP contribution is 2.36. The van der Waals surface area contributed by atoms with E-state index in [1.54, 1.807) is 6.07 Å². The molecule has 0 N–H and O–H groups in total. The number of allylic oxidation sites excluding steroid dienone is 2. The van der Waals surface area contributed by atoms with Crippen molar-refractivity contribution in [3.8, 4) is 5.75 Å². The van der Waals surface area contributed by atoms with E-state index in [-0.39, 0.29) is 11.6 Å². The Morgan fingerprint density at radius 3 is 2.29 bits per heavy atom. The molecule has 4 heteroatoms. The van der Waals surface area contributed by atoms with Gasteiger partial charge in [0.15, 0.2) is 11.6 Å². The molecule has 0 saturated carbocycles. The van der Waals surface area contributed by atoms with E-state index >= 15 is 0 Å². The van der Waals surface area contributed by atoms with Crippen molar-refractivity contribution in [2.24, 2.45) is 0 Å². The number of carbonyl (C=O) groups is 2. The van der Waals surface area contributed by atoms with Gasteiger partial charge in [-0.3, -0.25) is 9.59 Å². The normalized spacial score (nSPS) is 15.7. The maximum atomic E-state index is 11.7. The molecular weight excluding hydrogens is 284 g/mol. The Labute approximate surface area is 108 Å². The number of aryl methyl sites for hydroxylation is 1. The van der Waals surface area contributed by atoms with Gasteiger partial charge in [-0.1, -0.05) is 15.9 Å². The van der Waals surface area contributed by atoms with Gasteiger partial charge in [-0.15, -0.1) is 0 Å². The Morgan fingerprint density at radius 2 is 1.76 bits per heavy atom. The van der Waals surface area contributed by atoms with Gasteiger partial charge in [0.1, 0.15) is 11.7 Å². The van der Waals surface area contributed by atoms with Crippen LogP contribution in [0.15, 0.2) is 28.8 Å². The van der Waals surface area contributed by atoms with Crippen LogP contribution in [0.25, 0.3) is 0 Å². The van der Waals surface area contributed by atoms with E-state index in [0.29, 0.717) is 11.3 Å². The maximum Gasteiger partial charge on any atom is 0.171 e. The molecule has 1 aromatic carbocycles. The third-order valence-electron chi connectivity index (χ3n) is 2.80. The van der Waals surface area contributed by atoms with Gasteiger partial charge in [-0.2, -0.15) is 0 Å². The van der Waals surface area contributed by atoms with Crippen LogP contribution in [0.5, 0.6) is 5.75 Å². The van der Waals surface area contributed by atoms with Crippen LogP contribution in [0.1, 0.15) is 17.0 Å². The second-order valence-electron chi connectivity index (χ2n) is 3.91. The summed E-state index contributed by atoms with van der Waals surface area (Å²) in [5, 5.41) is 0. The summed E-state index contributed by atoms with van der Waals surface area (Å²) in [6.45, 7) is 1.86. The average molecular weight is 295 g/mol. The number of halogens is 1. The van der Waals surface area contributed by atoms with E-state index in [0.717, 1.165) is 10.0 Å². The molecule has 0 fully saturated rings. The van der Waals surface area contributed by atoms with Crippen molar-refractivity contribution in [2.45, 2.75) is 12.8 Å². The van der Waals surface area contributed by atoms with Crippen LogP contribution in [0.3, 0.4) is 0 Å². The lowest BCUT2D eigenvalue weighted by Gasteiger charge is -2.16. The minimum Gasteiger partial charge on any atom is -0.496 e. The number of methoxy groups -OCH3 is 1. The molecule has 0 atom stereocenters. The number of benzene rings is 1. The summed E-state index contributed by atoms with van der Waals surface area (Å²) in [7, 11) is 1.53. The van der Waals surface area contributed by atoms with Crippen LogP contribution in [0, 0.1) is 6.92 Å². The van der Waals surface area contributed by atoms with Gasteiger partial charge in [0.25, 0.3) is 0 Å². The van der Waals surface area contributed by atoms with E-state index in [2.05, 4.69) is 15.9 Å². The zero-order valence-corrected chi connectivity index (χ0v) is 11.1. The summed E-state index contributed by atoms with van der Waals surface area (Å²) >= 11 is 3.36. The Hall–Kier alpha value is -1.42. The Bertz CT molecular complexity index is 514. The monoisotopic (exact) mass is 294 g/mol. The van der Waals surface area contributed by atoms with Gasteiger partial charge >= 0.3 is 0 Å². The fourth-order valence-corrected chi connectivity index (χ4v) is 2.60. The fourth-order valence-electron chi connectivity index (χ4n) is 2.04. The topological polar surface area (TPSA) is 43.4 Å². The van der Waals surface area contributed by atoms with E-state index in [9.17, 15) is 9.59 Å². The summed E-state index contributed by atoms with van der Waals surface area (Å²) in [5.74, 6) is -0.539. The molecule has 17 heavy (non-hydrogen) atoms. The van der Waals surface area contributed by atoms with Crippen molar-refractivity contribution < 1.29 is 14.3 Å². The number of hydrogen-bond acceptors (Lipinski definition) is 3.